The van der Waals surface area contributed by atoms with Gasteiger partial charge in [-0.25, -0.2) is 0 Å². The lowest BCUT2D eigenvalue weighted by Gasteiger charge is -2.50. The maximum absolute atomic E-state index is 3.56. The van der Waals surface area contributed by atoms with Crippen LogP contribution in [0.3, 0.4) is 0 Å². The Kier molecular flexibility index (Phi) is 4.91. The summed E-state index contributed by atoms with van der Waals surface area (Å²) in [6.45, 7) is 19.4. The van der Waals surface area contributed by atoms with Gasteiger partial charge in [0, 0.05) is 29.9 Å². The number of aryl methyl sites for hydroxylation is 1. The molecule has 0 spiro atoms. The van der Waals surface area contributed by atoms with Gasteiger partial charge >= 0.3 is 0 Å². The maximum atomic E-state index is 3.56. The van der Waals surface area contributed by atoms with E-state index in [2.05, 4.69) is 77.7 Å². The number of hydrogen-bond donors (Lipinski definition) is 1. The molecule has 0 aliphatic carbocycles. The molecular weight excluding hydrogens is 268 g/mol. The fourth-order valence-corrected chi connectivity index (χ4v) is 4.13. The van der Waals surface area contributed by atoms with Crippen molar-refractivity contribution in [3.05, 3.63) is 28.8 Å². The second-order valence-electron chi connectivity index (χ2n) is 8.25. The number of nitrogens with zero attached hydrogens (tertiary/aromatic N) is 1. The average molecular weight is 303 g/mol. The Morgan fingerprint density at radius 1 is 1.23 bits per heavy atom. The zero-order valence-corrected chi connectivity index (χ0v) is 15.7. The van der Waals surface area contributed by atoms with E-state index in [1.807, 2.05) is 0 Å². The van der Waals surface area contributed by atoms with Gasteiger partial charge < -0.3 is 10.2 Å². The van der Waals surface area contributed by atoms with Crippen LogP contribution in [0.15, 0.2) is 12.1 Å². The normalized spacial score (nSPS) is 20.6. The Balaban J connectivity index is 2.46. The first-order valence-corrected chi connectivity index (χ1v) is 8.79. The summed E-state index contributed by atoms with van der Waals surface area (Å²) >= 11 is 0. The zero-order chi connectivity index (χ0) is 16.7. The lowest BCUT2D eigenvalue weighted by Crippen LogP contribution is -2.51. The monoisotopic (exact) mass is 302 g/mol. The quantitative estimate of drug-likeness (QED) is 0.842. The maximum Gasteiger partial charge on any atom is 0.0411 e. The van der Waals surface area contributed by atoms with E-state index >= 15 is 0 Å². The van der Waals surface area contributed by atoms with Crippen molar-refractivity contribution in [3.8, 4) is 0 Å². The summed E-state index contributed by atoms with van der Waals surface area (Å²) in [6.07, 6.45) is 1.22. The molecule has 2 rings (SSSR count). The third kappa shape index (κ3) is 3.32. The van der Waals surface area contributed by atoms with E-state index in [9.17, 15) is 0 Å². The second kappa shape index (κ2) is 6.23. The predicted octanol–water partition coefficient (Wildman–Crippen LogP) is 4.99. The number of nitrogens with one attached hydrogen (secondary N) is 1. The molecule has 0 unspecified atom stereocenters. The zero-order valence-electron chi connectivity index (χ0n) is 15.7. The van der Waals surface area contributed by atoms with E-state index in [0.717, 1.165) is 6.54 Å². The molecule has 0 saturated carbocycles. The smallest absolute Gasteiger partial charge is 0.0411 e. The molecule has 0 radical (unpaired) electrons. The minimum atomic E-state index is 0.227. The molecule has 124 valence electrons. The van der Waals surface area contributed by atoms with E-state index in [0.29, 0.717) is 18.0 Å². The van der Waals surface area contributed by atoms with Gasteiger partial charge in [-0.2, -0.15) is 0 Å². The molecular formula is C20H34N2. The van der Waals surface area contributed by atoms with E-state index in [4.69, 9.17) is 0 Å². The first-order valence-electron chi connectivity index (χ1n) is 8.79. The summed E-state index contributed by atoms with van der Waals surface area (Å²) in [6, 6.07) is 5.93. The van der Waals surface area contributed by atoms with Crippen molar-refractivity contribution < 1.29 is 0 Å². The Morgan fingerprint density at radius 3 is 2.41 bits per heavy atom. The summed E-state index contributed by atoms with van der Waals surface area (Å²) in [4.78, 5) is 2.62. The highest BCUT2D eigenvalue weighted by Gasteiger charge is 2.37. The SMILES string of the molecule is Cc1cc2c(cc1CNC(C)C)[C@H](C)CC(C)(C)N2C(C)C. The number of benzene rings is 1. The molecule has 0 amide bonds. The average Bonchev–Trinajstić information content (AvgIpc) is 2.34. The first-order chi connectivity index (χ1) is 10.1. The van der Waals surface area contributed by atoms with Crippen molar-refractivity contribution in [1.82, 2.24) is 5.32 Å². The fraction of sp³-hybridized carbons (Fsp3) is 0.700. The molecule has 0 aromatic heterocycles. The molecule has 2 heteroatoms. The topological polar surface area (TPSA) is 15.3 Å². The highest BCUT2D eigenvalue weighted by Crippen LogP contribution is 2.45. The molecule has 0 fully saturated rings. The van der Waals surface area contributed by atoms with Crippen molar-refractivity contribution in [3.63, 3.8) is 0 Å². The second-order valence-corrected chi connectivity index (χ2v) is 8.25. The number of rotatable bonds is 4. The van der Waals surface area contributed by atoms with E-state index in [-0.39, 0.29) is 5.54 Å². The van der Waals surface area contributed by atoms with Gasteiger partial charge in [-0.05, 0) is 69.7 Å². The number of hydrogen-bond acceptors (Lipinski definition) is 2. The Labute approximate surface area is 137 Å². The van der Waals surface area contributed by atoms with Crippen LogP contribution in [0.25, 0.3) is 0 Å². The molecule has 22 heavy (non-hydrogen) atoms. The summed E-state index contributed by atoms with van der Waals surface area (Å²) in [5.74, 6) is 0.624. The van der Waals surface area contributed by atoms with Gasteiger partial charge in [0.2, 0.25) is 0 Å². The summed E-state index contributed by atoms with van der Waals surface area (Å²) < 4.78 is 0. The van der Waals surface area contributed by atoms with Gasteiger partial charge in [0.1, 0.15) is 0 Å². The van der Waals surface area contributed by atoms with Crippen molar-refractivity contribution >= 4 is 5.69 Å². The van der Waals surface area contributed by atoms with Crippen LogP contribution < -0.4 is 10.2 Å². The largest absolute Gasteiger partial charge is 0.364 e. The molecule has 0 saturated heterocycles. The van der Waals surface area contributed by atoms with Crippen LogP contribution in [0.1, 0.15) is 77.5 Å². The Bertz CT molecular complexity index is 529. The van der Waals surface area contributed by atoms with Crippen LogP contribution in [0.5, 0.6) is 0 Å². The third-order valence-corrected chi connectivity index (χ3v) is 4.95. The highest BCUT2D eigenvalue weighted by atomic mass is 15.2. The Hall–Kier alpha value is -1.02. The summed E-state index contributed by atoms with van der Waals surface area (Å²) in [5.41, 5.74) is 6.05. The van der Waals surface area contributed by atoms with E-state index < -0.39 is 0 Å². The van der Waals surface area contributed by atoms with Gasteiger partial charge in [0.25, 0.3) is 0 Å². The standard InChI is InChI=1S/C20H34N2/c1-13(2)21-12-17-10-18-16(6)11-20(7,8)22(14(3)4)19(18)9-15(17)5/h9-10,13-14,16,21H,11-12H2,1-8H3/t16-/m1/s1. The molecule has 2 nitrogen and oxygen atoms in total. The minimum absolute atomic E-state index is 0.227. The lowest BCUT2D eigenvalue weighted by molar-refractivity contribution is 0.355. The van der Waals surface area contributed by atoms with Crippen LogP contribution in [-0.2, 0) is 6.54 Å². The van der Waals surface area contributed by atoms with Crippen LogP contribution in [0.4, 0.5) is 5.69 Å². The Morgan fingerprint density at radius 2 is 1.86 bits per heavy atom. The van der Waals surface area contributed by atoms with Gasteiger partial charge in [-0.3, -0.25) is 0 Å². The lowest BCUT2D eigenvalue weighted by atomic mass is 9.78. The van der Waals surface area contributed by atoms with Crippen LogP contribution in [-0.4, -0.2) is 17.6 Å². The predicted molar refractivity (Wildman–Crippen MR) is 97.9 cm³/mol. The van der Waals surface area contributed by atoms with E-state index in [1.54, 1.807) is 0 Å². The number of anilines is 1. The van der Waals surface area contributed by atoms with Gasteiger partial charge in [0.05, 0.1) is 0 Å². The van der Waals surface area contributed by atoms with Crippen molar-refractivity contribution in [2.24, 2.45) is 0 Å². The van der Waals surface area contributed by atoms with Gasteiger partial charge in [0.15, 0.2) is 0 Å². The van der Waals surface area contributed by atoms with Crippen LogP contribution in [0, 0.1) is 6.92 Å². The third-order valence-electron chi connectivity index (χ3n) is 4.95. The first kappa shape index (κ1) is 17.3. The molecule has 1 aromatic rings. The molecule has 1 aliphatic rings. The molecule has 1 aromatic carbocycles. The highest BCUT2D eigenvalue weighted by molar-refractivity contribution is 5.63. The summed E-state index contributed by atoms with van der Waals surface area (Å²) in [5, 5.41) is 3.56. The fourth-order valence-electron chi connectivity index (χ4n) is 4.13. The van der Waals surface area contributed by atoms with Crippen molar-refractivity contribution in [2.45, 2.75) is 91.9 Å². The van der Waals surface area contributed by atoms with Crippen LogP contribution >= 0.6 is 0 Å². The minimum Gasteiger partial charge on any atom is -0.364 e. The molecule has 1 atom stereocenters. The molecule has 1 aliphatic heterocycles. The molecule has 1 N–H and O–H groups in total. The molecule has 0 bridgehead atoms. The number of fused-ring (bicyclic) bond motifs is 1. The molecule has 1 heterocycles. The van der Waals surface area contributed by atoms with Crippen LogP contribution in [0.2, 0.25) is 0 Å². The van der Waals surface area contributed by atoms with Gasteiger partial charge in [-0.1, -0.05) is 26.8 Å². The van der Waals surface area contributed by atoms with Gasteiger partial charge in [-0.15, -0.1) is 0 Å². The summed E-state index contributed by atoms with van der Waals surface area (Å²) in [7, 11) is 0. The van der Waals surface area contributed by atoms with Crippen molar-refractivity contribution in [1.29, 1.82) is 0 Å². The van der Waals surface area contributed by atoms with E-state index in [1.165, 1.54) is 28.8 Å². The van der Waals surface area contributed by atoms with Crippen molar-refractivity contribution in [2.75, 3.05) is 4.90 Å².